The molecule has 0 amide bonds. The van der Waals surface area contributed by atoms with Gasteiger partial charge in [-0.05, 0) is 36.4 Å². The first-order chi connectivity index (χ1) is 21.9. The SMILES string of the molecule is COc1nc(N)nc2c1cnn2[C@@H]1O[C@H](COC(=O)c2ccccc2)[C@@H](OC(=O)c2ccccc2)[C@H]1OC(=O)c1ccccc1. The lowest BCUT2D eigenvalue weighted by Crippen LogP contribution is -2.41. The third-order valence-electron chi connectivity index (χ3n) is 7.05. The number of ether oxygens (including phenoxy) is 5. The van der Waals surface area contributed by atoms with Crippen LogP contribution in [0.15, 0.2) is 97.2 Å². The summed E-state index contributed by atoms with van der Waals surface area (Å²) in [4.78, 5) is 48.0. The molecule has 1 fully saturated rings. The van der Waals surface area contributed by atoms with E-state index in [-0.39, 0.29) is 35.2 Å². The Bertz CT molecular complexity index is 1820. The minimum Gasteiger partial charge on any atom is -0.480 e. The maximum Gasteiger partial charge on any atom is 0.338 e. The largest absolute Gasteiger partial charge is 0.480 e. The molecule has 0 radical (unpaired) electrons. The molecule has 0 aliphatic carbocycles. The van der Waals surface area contributed by atoms with Crippen molar-refractivity contribution in [3.05, 3.63) is 114 Å². The molecule has 4 atom stereocenters. The van der Waals surface area contributed by atoms with Crippen LogP contribution in [0.25, 0.3) is 11.0 Å². The van der Waals surface area contributed by atoms with Crippen molar-refractivity contribution in [3.8, 4) is 5.88 Å². The van der Waals surface area contributed by atoms with E-state index < -0.39 is 42.4 Å². The summed E-state index contributed by atoms with van der Waals surface area (Å²) in [5.41, 5.74) is 6.97. The lowest BCUT2D eigenvalue weighted by molar-refractivity contribution is -0.0654. The molecule has 2 aromatic heterocycles. The Labute approximate surface area is 256 Å². The number of aromatic nitrogens is 4. The Hall–Kier alpha value is -5.82. The summed E-state index contributed by atoms with van der Waals surface area (Å²) in [5.74, 6) is -1.97. The zero-order valence-corrected chi connectivity index (χ0v) is 23.9. The molecule has 228 valence electrons. The summed E-state index contributed by atoms with van der Waals surface area (Å²) >= 11 is 0. The number of anilines is 1. The summed E-state index contributed by atoms with van der Waals surface area (Å²) in [6.07, 6.45) is -3.39. The number of nitrogen functional groups attached to an aromatic ring is 1. The van der Waals surface area contributed by atoms with Crippen molar-refractivity contribution >= 4 is 34.9 Å². The van der Waals surface area contributed by atoms with Gasteiger partial charge in [0, 0.05) is 0 Å². The van der Waals surface area contributed by atoms with E-state index in [9.17, 15) is 14.4 Å². The second kappa shape index (κ2) is 12.8. The first-order valence-corrected chi connectivity index (χ1v) is 13.9. The lowest BCUT2D eigenvalue weighted by Gasteiger charge is -2.24. The molecule has 13 heteroatoms. The van der Waals surface area contributed by atoms with E-state index in [2.05, 4.69) is 15.1 Å². The normalized spacial score (nSPS) is 19.1. The predicted octanol–water partition coefficient (Wildman–Crippen LogP) is 3.62. The van der Waals surface area contributed by atoms with E-state index in [0.29, 0.717) is 10.9 Å². The molecule has 0 saturated carbocycles. The Morgan fingerprint density at radius 1 is 0.778 bits per heavy atom. The van der Waals surface area contributed by atoms with Gasteiger partial charge < -0.3 is 29.4 Å². The fraction of sp³-hybridized carbons (Fsp3) is 0.188. The molecule has 1 aliphatic rings. The molecule has 5 aromatic rings. The van der Waals surface area contributed by atoms with Crippen molar-refractivity contribution < 1.29 is 38.1 Å². The number of hydrogen-bond donors (Lipinski definition) is 1. The van der Waals surface area contributed by atoms with E-state index in [4.69, 9.17) is 29.4 Å². The van der Waals surface area contributed by atoms with Gasteiger partial charge in [0.1, 0.15) is 18.1 Å². The zero-order valence-electron chi connectivity index (χ0n) is 23.9. The van der Waals surface area contributed by atoms with Crippen molar-refractivity contribution in [2.75, 3.05) is 19.5 Å². The molecule has 0 unspecified atom stereocenters. The van der Waals surface area contributed by atoms with E-state index in [0.717, 1.165) is 0 Å². The fourth-order valence-corrected chi connectivity index (χ4v) is 4.91. The van der Waals surface area contributed by atoms with E-state index in [1.54, 1.807) is 91.0 Å². The molecule has 13 nitrogen and oxygen atoms in total. The molecule has 1 saturated heterocycles. The van der Waals surface area contributed by atoms with Crippen LogP contribution < -0.4 is 10.5 Å². The zero-order chi connectivity index (χ0) is 31.3. The summed E-state index contributed by atoms with van der Waals surface area (Å²) in [6.45, 7) is -0.351. The van der Waals surface area contributed by atoms with Crippen LogP contribution in [0.4, 0.5) is 5.95 Å². The average Bonchev–Trinajstić information content (AvgIpc) is 3.65. The van der Waals surface area contributed by atoms with Gasteiger partial charge in [-0.1, -0.05) is 54.6 Å². The van der Waals surface area contributed by atoms with Crippen LogP contribution in [-0.2, 0) is 18.9 Å². The van der Waals surface area contributed by atoms with Gasteiger partial charge in [0.2, 0.25) is 11.8 Å². The number of nitrogens with two attached hydrogens (primary N) is 1. The number of rotatable bonds is 9. The van der Waals surface area contributed by atoms with E-state index in [1.165, 1.54) is 18.0 Å². The highest BCUT2D eigenvalue weighted by Gasteiger charge is 2.52. The number of esters is 3. The first kappa shape index (κ1) is 29.3. The average molecular weight is 610 g/mol. The molecule has 3 aromatic carbocycles. The Kier molecular flexibility index (Phi) is 8.33. The van der Waals surface area contributed by atoms with Crippen LogP contribution in [0.5, 0.6) is 5.88 Å². The van der Waals surface area contributed by atoms with E-state index >= 15 is 0 Å². The van der Waals surface area contributed by atoms with Crippen LogP contribution in [-0.4, -0.2) is 69.7 Å². The number of nitrogens with zero attached hydrogens (tertiary/aromatic N) is 4. The fourth-order valence-electron chi connectivity index (χ4n) is 4.91. The van der Waals surface area contributed by atoms with E-state index in [1.807, 2.05) is 0 Å². The molecule has 3 heterocycles. The van der Waals surface area contributed by atoms with Crippen LogP contribution in [0.2, 0.25) is 0 Å². The Morgan fingerprint density at radius 3 is 1.87 bits per heavy atom. The van der Waals surface area contributed by atoms with Crippen molar-refractivity contribution in [2.45, 2.75) is 24.5 Å². The van der Waals surface area contributed by atoms with Gasteiger partial charge >= 0.3 is 17.9 Å². The summed E-state index contributed by atoms with van der Waals surface area (Å²) in [6, 6.07) is 25.0. The number of benzene rings is 3. The van der Waals surface area contributed by atoms with Crippen LogP contribution >= 0.6 is 0 Å². The summed E-state index contributed by atoms with van der Waals surface area (Å²) in [7, 11) is 1.42. The Balaban J connectivity index is 1.39. The highest BCUT2D eigenvalue weighted by Crippen LogP contribution is 2.37. The topological polar surface area (TPSA) is 167 Å². The monoisotopic (exact) mass is 609 g/mol. The number of hydrogen-bond acceptors (Lipinski definition) is 12. The molecule has 0 spiro atoms. The van der Waals surface area contributed by atoms with Crippen molar-refractivity contribution in [3.63, 3.8) is 0 Å². The quantitative estimate of drug-likeness (QED) is 0.191. The van der Waals surface area contributed by atoms with Crippen molar-refractivity contribution in [1.29, 1.82) is 0 Å². The maximum atomic E-state index is 13.4. The number of carbonyl (C=O) groups is 3. The van der Waals surface area contributed by atoms with Crippen LogP contribution in [0.3, 0.4) is 0 Å². The van der Waals surface area contributed by atoms with Gasteiger partial charge in [-0.15, -0.1) is 0 Å². The second-order valence-electron chi connectivity index (χ2n) is 9.92. The summed E-state index contributed by atoms with van der Waals surface area (Å²) < 4.78 is 30.5. The van der Waals surface area contributed by atoms with Crippen molar-refractivity contribution in [2.24, 2.45) is 0 Å². The Morgan fingerprint density at radius 2 is 1.31 bits per heavy atom. The molecule has 2 N–H and O–H groups in total. The number of carbonyl (C=O) groups excluding carboxylic acids is 3. The standard InChI is InChI=1S/C32H27N5O8/c1-41-27-22-17-34-37(26(22)35-32(33)36-27)28-25(45-31(40)21-15-9-4-10-16-21)24(44-30(39)20-13-7-3-8-14-20)23(43-28)18-42-29(38)19-11-5-2-6-12-19/h2-17,23-25,28H,18H2,1H3,(H2,33,35,36)/t23-,24-,25-,28-/m1/s1. The molecule has 6 rings (SSSR count). The predicted molar refractivity (Wildman–Crippen MR) is 158 cm³/mol. The molecule has 0 bridgehead atoms. The van der Waals surface area contributed by atoms with Crippen LogP contribution in [0.1, 0.15) is 37.3 Å². The van der Waals surface area contributed by atoms with Gasteiger partial charge in [0.15, 0.2) is 24.1 Å². The van der Waals surface area contributed by atoms with Gasteiger partial charge in [-0.2, -0.15) is 15.1 Å². The highest BCUT2D eigenvalue weighted by molar-refractivity contribution is 5.91. The summed E-state index contributed by atoms with van der Waals surface area (Å²) in [5, 5.41) is 4.82. The second-order valence-corrected chi connectivity index (χ2v) is 9.92. The highest BCUT2D eigenvalue weighted by atomic mass is 16.7. The number of methoxy groups -OCH3 is 1. The van der Waals surface area contributed by atoms with Gasteiger partial charge in [0.05, 0.1) is 30.0 Å². The molecule has 1 aliphatic heterocycles. The number of fused-ring (bicyclic) bond motifs is 1. The third kappa shape index (κ3) is 6.15. The third-order valence-corrected chi connectivity index (χ3v) is 7.05. The van der Waals surface area contributed by atoms with Gasteiger partial charge in [-0.3, -0.25) is 0 Å². The minimum absolute atomic E-state index is 0.0997. The van der Waals surface area contributed by atoms with Crippen molar-refractivity contribution in [1.82, 2.24) is 19.7 Å². The minimum atomic E-state index is -1.28. The molecular formula is C32H27N5O8. The maximum absolute atomic E-state index is 13.4. The smallest absolute Gasteiger partial charge is 0.338 e. The van der Waals surface area contributed by atoms with Gasteiger partial charge in [0.25, 0.3) is 0 Å². The first-order valence-electron chi connectivity index (χ1n) is 13.9. The lowest BCUT2D eigenvalue weighted by atomic mass is 10.1. The molecular weight excluding hydrogens is 582 g/mol. The van der Waals surface area contributed by atoms with Gasteiger partial charge in [-0.25, -0.2) is 19.1 Å². The molecule has 45 heavy (non-hydrogen) atoms. The van der Waals surface area contributed by atoms with Crippen LogP contribution in [0, 0.1) is 0 Å².